The molecule has 22 heavy (non-hydrogen) atoms. The molecule has 1 fully saturated rings. The summed E-state index contributed by atoms with van der Waals surface area (Å²) in [6.45, 7) is 3.56. The lowest BCUT2D eigenvalue weighted by molar-refractivity contribution is -0.125. The van der Waals surface area contributed by atoms with Crippen molar-refractivity contribution in [2.45, 2.75) is 6.42 Å². The lowest BCUT2D eigenvalue weighted by Gasteiger charge is -2.18. The molecule has 0 unspecified atom stereocenters. The van der Waals surface area contributed by atoms with Crippen molar-refractivity contribution < 1.29 is 14.3 Å². The number of ether oxygens (including phenoxy) is 2. The number of carbonyl (C=O) groups is 1. The summed E-state index contributed by atoms with van der Waals surface area (Å²) in [5.41, 5.74) is 0.886. The molecule has 0 bridgehead atoms. The number of rotatable bonds is 4. The summed E-state index contributed by atoms with van der Waals surface area (Å²) in [7, 11) is 5.31. The van der Waals surface area contributed by atoms with E-state index in [1.165, 1.54) is 0 Å². The molecule has 0 saturated carbocycles. The zero-order chi connectivity index (χ0) is 15.9. The molecular formula is C17H24N2O3. The van der Waals surface area contributed by atoms with E-state index >= 15 is 0 Å². The topological polar surface area (TPSA) is 42.0 Å². The highest BCUT2D eigenvalue weighted by atomic mass is 16.5. The SMILES string of the molecule is COc1cc(/C=C/C(=O)N2CCCN(C)CC2)cc(OC)c1. The highest BCUT2D eigenvalue weighted by Crippen LogP contribution is 2.23. The van der Waals surface area contributed by atoms with Gasteiger partial charge in [-0.1, -0.05) is 0 Å². The van der Waals surface area contributed by atoms with Gasteiger partial charge in [-0.25, -0.2) is 0 Å². The second kappa shape index (κ2) is 7.84. The minimum Gasteiger partial charge on any atom is -0.497 e. The van der Waals surface area contributed by atoms with E-state index in [1.54, 1.807) is 20.3 Å². The van der Waals surface area contributed by atoms with E-state index in [0.717, 1.165) is 38.2 Å². The van der Waals surface area contributed by atoms with Crippen molar-refractivity contribution >= 4 is 12.0 Å². The number of carbonyl (C=O) groups excluding carboxylic acids is 1. The van der Waals surface area contributed by atoms with Gasteiger partial charge in [0.25, 0.3) is 0 Å². The van der Waals surface area contributed by atoms with Crippen molar-refractivity contribution in [3.05, 3.63) is 29.8 Å². The Labute approximate surface area is 132 Å². The lowest BCUT2D eigenvalue weighted by atomic mass is 10.2. The zero-order valence-corrected chi connectivity index (χ0v) is 13.5. The first-order valence-corrected chi connectivity index (χ1v) is 7.51. The number of benzene rings is 1. The van der Waals surface area contributed by atoms with Gasteiger partial charge in [0.2, 0.25) is 5.91 Å². The number of likely N-dealkylation sites (N-methyl/N-ethyl adjacent to an activating group) is 1. The number of hydrogen-bond acceptors (Lipinski definition) is 4. The van der Waals surface area contributed by atoms with Gasteiger partial charge in [0.1, 0.15) is 11.5 Å². The summed E-state index contributed by atoms with van der Waals surface area (Å²) >= 11 is 0. The quantitative estimate of drug-likeness (QED) is 0.797. The first-order chi connectivity index (χ1) is 10.6. The number of nitrogens with zero attached hydrogens (tertiary/aromatic N) is 2. The van der Waals surface area contributed by atoms with Gasteiger partial charge in [-0.2, -0.15) is 0 Å². The third-order valence-corrected chi connectivity index (χ3v) is 3.82. The van der Waals surface area contributed by atoms with Crippen LogP contribution in [0.5, 0.6) is 11.5 Å². The molecule has 120 valence electrons. The molecule has 0 radical (unpaired) electrons. The van der Waals surface area contributed by atoms with E-state index in [-0.39, 0.29) is 5.91 Å². The van der Waals surface area contributed by atoms with Crippen LogP contribution in [0.3, 0.4) is 0 Å². The van der Waals surface area contributed by atoms with E-state index in [4.69, 9.17) is 9.47 Å². The Balaban J connectivity index is 2.05. The highest BCUT2D eigenvalue weighted by Gasteiger charge is 2.15. The molecule has 1 aromatic carbocycles. The average Bonchev–Trinajstić information content (AvgIpc) is 2.76. The standard InChI is InChI=1S/C17H24N2O3/c1-18-7-4-8-19(10-9-18)17(20)6-5-14-11-15(21-2)13-16(12-14)22-3/h5-6,11-13H,4,7-10H2,1-3H3/b6-5+. The van der Waals surface area contributed by atoms with Crippen molar-refractivity contribution in [3.63, 3.8) is 0 Å². The Morgan fingerprint density at radius 2 is 1.73 bits per heavy atom. The molecule has 1 amide bonds. The smallest absolute Gasteiger partial charge is 0.246 e. The summed E-state index contributed by atoms with van der Waals surface area (Å²) < 4.78 is 10.5. The van der Waals surface area contributed by atoms with Crippen molar-refractivity contribution in [2.24, 2.45) is 0 Å². The fourth-order valence-electron chi connectivity index (χ4n) is 2.47. The molecule has 0 atom stereocenters. The second-order valence-corrected chi connectivity index (χ2v) is 5.46. The molecule has 0 spiro atoms. The molecule has 1 aromatic rings. The summed E-state index contributed by atoms with van der Waals surface area (Å²) in [6.07, 6.45) is 4.45. The Hall–Kier alpha value is -2.01. The maximum absolute atomic E-state index is 12.3. The fraction of sp³-hybridized carbons (Fsp3) is 0.471. The van der Waals surface area contributed by atoms with Gasteiger partial charge in [0.05, 0.1) is 14.2 Å². The largest absolute Gasteiger partial charge is 0.497 e. The maximum Gasteiger partial charge on any atom is 0.246 e. The molecule has 5 nitrogen and oxygen atoms in total. The van der Waals surface area contributed by atoms with Crippen LogP contribution in [-0.2, 0) is 4.79 Å². The van der Waals surface area contributed by atoms with Crippen LogP contribution in [0.4, 0.5) is 0 Å². The van der Waals surface area contributed by atoms with Crippen LogP contribution >= 0.6 is 0 Å². The van der Waals surface area contributed by atoms with Crippen molar-refractivity contribution in [3.8, 4) is 11.5 Å². The third kappa shape index (κ3) is 4.49. The number of methoxy groups -OCH3 is 2. The van der Waals surface area contributed by atoms with E-state index in [0.29, 0.717) is 11.5 Å². The molecular weight excluding hydrogens is 280 g/mol. The van der Waals surface area contributed by atoms with E-state index in [9.17, 15) is 4.79 Å². The zero-order valence-electron chi connectivity index (χ0n) is 13.5. The van der Waals surface area contributed by atoms with Crippen molar-refractivity contribution in [2.75, 3.05) is 47.4 Å². The van der Waals surface area contributed by atoms with Gasteiger partial charge < -0.3 is 19.3 Å². The van der Waals surface area contributed by atoms with E-state index in [1.807, 2.05) is 29.2 Å². The van der Waals surface area contributed by atoms with Gasteiger partial charge in [-0.05, 0) is 43.8 Å². The van der Waals surface area contributed by atoms with Crippen LogP contribution in [-0.4, -0.2) is 63.2 Å². The molecule has 1 aliphatic rings. The molecule has 1 aliphatic heterocycles. The Morgan fingerprint density at radius 1 is 1.05 bits per heavy atom. The van der Waals surface area contributed by atoms with Gasteiger partial charge in [0, 0.05) is 31.8 Å². The van der Waals surface area contributed by atoms with Crippen LogP contribution in [0.2, 0.25) is 0 Å². The van der Waals surface area contributed by atoms with Crippen LogP contribution in [0.1, 0.15) is 12.0 Å². The third-order valence-electron chi connectivity index (χ3n) is 3.82. The van der Waals surface area contributed by atoms with Crippen molar-refractivity contribution in [1.82, 2.24) is 9.80 Å². The van der Waals surface area contributed by atoms with Crippen LogP contribution in [0.25, 0.3) is 6.08 Å². The molecule has 0 aliphatic carbocycles. The lowest BCUT2D eigenvalue weighted by Crippen LogP contribution is -2.33. The Kier molecular flexibility index (Phi) is 5.83. The number of amides is 1. The summed E-state index contributed by atoms with van der Waals surface area (Å²) in [5.74, 6) is 1.47. The van der Waals surface area contributed by atoms with Gasteiger partial charge >= 0.3 is 0 Å². The Bertz CT molecular complexity index is 520. The van der Waals surface area contributed by atoms with E-state index in [2.05, 4.69) is 11.9 Å². The summed E-state index contributed by atoms with van der Waals surface area (Å²) in [6, 6.07) is 5.56. The average molecular weight is 304 g/mol. The monoisotopic (exact) mass is 304 g/mol. The van der Waals surface area contributed by atoms with Gasteiger partial charge in [-0.3, -0.25) is 4.79 Å². The predicted octanol–water partition coefficient (Wildman–Crippen LogP) is 1.88. The molecule has 0 N–H and O–H groups in total. The molecule has 1 heterocycles. The van der Waals surface area contributed by atoms with Crippen LogP contribution < -0.4 is 9.47 Å². The molecule has 2 rings (SSSR count). The Morgan fingerprint density at radius 3 is 2.36 bits per heavy atom. The summed E-state index contributed by atoms with van der Waals surface area (Å²) in [4.78, 5) is 16.5. The molecule has 1 saturated heterocycles. The van der Waals surface area contributed by atoms with Gasteiger partial charge in [0.15, 0.2) is 0 Å². The fourth-order valence-corrected chi connectivity index (χ4v) is 2.47. The normalized spacial score (nSPS) is 16.6. The number of hydrogen-bond donors (Lipinski definition) is 0. The molecule has 5 heteroatoms. The highest BCUT2D eigenvalue weighted by molar-refractivity contribution is 5.91. The van der Waals surface area contributed by atoms with Gasteiger partial charge in [-0.15, -0.1) is 0 Å². The summed E-state index contributed by atoms with van der Waals surface area (Å²) in [5, 5.41) is 0. The molecule has 0 aromatic heterocycles. The van der Waals surface area contributed by atoms with Crippen LogP contribution in [0.15, 0.2) is 24.3 Å². The second-order valence-electron chi connectivity index (χ2n) is 5.46. The van der Waals surface area contributed by atoms with Crippen molar-refractivity contribution in [1.29, 1.82) is 0 Å². The predicted molar refractivity (Wildman–Crippen MR) is 87.3 cm³/mol. The minimum atomic E-state index is 0.0529. The van der Waals surface area contributed by atoms with Crippen LogP contribution in [0, 0.1) is 0 Å². The van der Waals surface area contributed by atoms with E-state index < -0.39 is 0 Å². The minimum absolute atomic E-state index is 0.0529. The first kappa shape index (κ1) is 16.4. The first-order valence-electron chi connectivity index (χ1n) is 7.51. The maximum atomic E-state index is 12.3.